The number of ether oxygens (including phenoxy) is 1. The lowest BCUT2D eigenvalue weighted by Crippen LogP contribution is -2.00. The maximum atomic E-state index is 6.03. The van der Waals surface area contributed by atoms with Crippen molar-refractivity contribution in [1.82, 2.24) is 0 Å². The van der Waals surface area contributed by atoms with Crippen LogP contribution in [0.1, 0.15) is 24.0 Å². The second kappa shape index (κ2) is 5.99. The fourth-order valence-electron chi connectivity index (χ4n) is 1.57. The van der Waals surface area contributed by atoms with Crippen LogP contribution in [0.3, 0.4) is 0 Å². The van der Waals surface area contributed by atoms with E-state index in [0.29, 0.717) is 0 Å². The lowest BCUT2D eigenvalue weighted by molar-refractivity contribution is 0.409. The molecule has 1 rings (SSSR count). The van der Waals surface area contributed by atoms with Crippen molar-refractivity contribution in [2.75, 3.05) is 13.7 Å². The van der Waals surface area contributed by atoms with Crippen LogP contribution >= 0.6 is 11.6 Å². The van der Waals surface area contributed by atoms with Gasteiger partial charge >= 0.3 is 0 Å². The Bertz CT molecular complexity index is 326. The molecule has 0 saturated heterocycles. The van der Waals surface area contributed by atoms with Gasteiger partial charge in [-0.05, 0) is 49.9 Å². The summed E-state index contributed by atoms with van der Waals surface area (Å²) in [6.45, 7) is 2.75. The number of halogens is 1. The highest BCUT2D eigenvalue weighted by Gasteiger charge is 2.06. The average molecular weight is 228 g/mol. The molecule has 0 aliphatic carbocycles. The number of hydrogen-bond acceptors (Lipinski definition) is 2. The van der Waals surface area contributed by atoms with E-state index in [4.69, 9.17) is 22.1 Å². The Morgan fingerprint density at radius 1 is 1.33 bits per heavy atom. The quantitative estimate of drug-likeness (QED) is 0.785. The van der Waals surface area contributed by atoms with E-state index >= 15 is 0 Å². The zero-order valence-electron chi connectivity index (χ0n) is 9.35. The van der Waals surface area contributed by atoms with E-state index in [1.54, 1.807) is 7.11 Å². The molecular weight excluding hydrogens is 210 g/mol. The van der Waals surface area contributed by atoms with E-state index in [9.17, 15) is 0 Å². The third kappa shape index (κ3) is 3.40. The van der Waals surface area contributed by atoms with Crippen molar-refractivity contribution in [2.24, 2.45) is 5.73 Å². The molecule has 0 radical (unpaired) electrons. The maximum Gasteiger partial charge on any atom is 0.123 e. The number of nitrogens with two attached hydrogens (primary N) is 1. The second-order valence-corrected chi connectivity index (χ2v) is 4.07. The highest BCUT2D eigenvalue weighted by molar-refractivity contribution is 6.31. The predicted octanol–water partition coefficient (Wildman–Crippen LogP) is 2.94. The molecule has 0 unspecified atom stereocenters. The van der Waals surface area contributed by atoms with Gasteiger partial charge in [0.05, 0.1) is 7.11 Å². The smallest absolute Gasteiger partial charge is 0.123 e. The third-order valence-corrected chi connectivity index (χ3v) is 2.87. The van der Waals surface area contributed by atoms with Crippen molar-refractivity contribution in [3.05, 3.63) is 28.3 Å². The molecule has 2 nitrogen and oxygen atoms in total. The molecule has 0 aliphatic heterocycles. The van der Waals surface area contributed by atoms with Crippen LogP contribution in [0.4, 0.5) is 0 Å². The Morgan fingerprint density at radius 2 is 2.07 bits per heavy atom. The Morgan fingerprint density at radius 3 is 2.67 bits per heavy atom. The first-order chi connectivity index (χ1) is 7.19. The first kappa shape index (κ1) is 12.3. The molecule has 0 fully saturated rings. The molecule has 2 N–H and O–H groups in total. The molecular formula is C12H18ClNO. The molecule has 84 valence electrons. The summed E-state index contributed by atoms with van der Waals surface area (Å²) in [5, 5.41) is 0.759. The molecule has 1 aromatic carbocycles. The number of methoxy groups -OCH3 is 1. The fraction of sp³-hybridized carbons (Fsp3) is 0.500. The summed E-state index contributed by atoms with van der Waals surface area (Å²) >= 11 is 6.03. The van der Waals surface area contributed by atoms with Gasteiger partial charge in [-0.15, -0.1) is 0 Å². The minimum absolute atomic E-state index is 0.745. The van der Waals surface area contributed by atoms with Gasteiger partial charge in [0.25, 0.3) is 0 Å². The molecule has 0 amide bonds. The highest BCUT2D eigenvalue weighted by atomic mass is 35.5. The number of aryl methyl sites for hydroxylation is 2. The second-order valence-electron chi connectivity index (χ2n) is 3.66. The van der Waals surface area contributed by atoms with E-state index in [2.05, 4.69) is 6.07 Å². The minimum atomic E-state index is 0.745. The fourth-order valence-corrected chi connectivity index (χ4v) is 1.72. The summed E-state index contributed by atoms with van der Waals surface area (Å²) in [5.41, 5.74) is 7.78. The first-order valence-corrected chi connectivity index (χ1v) is 5.60. The van der Waals surface area contributed by atoms with E-state index < -0.39 is 0 Å². The van der Waals surface area contributed by atoms with Crippen LogP contribution in [0.15, 0.2) is 12.1 Å². The van der Waals surface area contributed by atoms with Crippen LogP contribution < -0.4 is 10.5 Å². The first-order valence-electron chi connectivity index (χ1n) is 5.22. The molecule has 0 atom stereocenters. The Balaban J connectivity index is 2.80. The summed E-state index contributed by atoms with van der Waals surface area (Å²) in [7, 11) is 1.67. The normalized spacial score (nSPS) is 10.4. The summed E-state index contributed by atoms with van der Waals surface area (Å²) < 4.78 is 5.30. The minimum Gasteiger partial charge on any atom is -0.496 e. The van der Waals surface area contributed by atoms with Crippen LogP contribution in [0, 0.1) is 6.92 Å². The van der Waals surface area contributed by atoms with Crippen LogP contribution in [-0.4, -0.2) is 13.7 Å². The molecule has 0 aromatic heterocycles. The number of rotatable bonds is 5. The van der Waals surface area contributed by atoms with Crippen LogP contribution in [-0.2, 0) is 6.42 Å². The largest absolute Gasteiger partial charge is 0.496 e. The SMILES string of the molecule is COc1cc(Cl)c(C)cc1CCCCN. The highest BCUT2D eigenvalue weighted by Crippen LogP contribution is 2.27. The maximum absolute atomic E-state index is 6.03. The van der Waals surface area contributed by atoms with Gasteiger partial charge in [-0.3, -0.25) is 0 Å². The van der Waals surface area contributed by atoms with Gasteiger partial charge in [0.1, 0.15) is 5.75 Å². The molecule has 1 aromatic rings. The van der Waals surface area contributed by atoms with Crippen LogP contribution in [0.25, 0.3) is 0 Å². The lowest BCUT2D eigenvalue weighted by Gasteiger charge is -2.10. The van der Waals surface area contributed by atoms with Crippen molar-refractivity contribution in [2.45, 2.75) is 26.2 Å². The molecule has 15 heavy (non-hydrogen) atoms. The van der Waals surface area contributed by atoms with Crippen molar-refractivity contribution in [3.63, 3.8) is 0 Å². The van der Waals surface area contributed by atoms with Gasteiger partial charge in [-0.2, -0.15) is 0 Å². The Hall–Kier alpha value is -0.730. The van der Waals surface area contributed by atoms with Gasteiger partial charge < -0.3 is 10.5 Å². The van der Waals surface area contributed by atoms with Crippen molar-refractivity contribution >= 4 is 11.6 Å². The molecule has 0 bridgehead atoms. The summed E-state index contributed by atoms with van der Waals surface area (Å²) in [4.78, 5) is 0. The molecule has 0 heterocycles. The van der Waals surface area contributed by atoms with Crippen molar-refractivity contribution in [1.29, 1.82) is 0 Å². The number of unbranched alkanes of at least 4 members (excludes halogenated alkanes) is 1. The summed E-state index contributed by atoms with van der Waals surface area (Å²) in [5.74, 6) is 0.877. The van der Waals surface area contributed by atoms with Crippen LogP contribution in [0.5, 0.6) is 5.75 Å². The van der Waals surface area contributed by atoms with Gasteiger partial charge in [0.2, 0.25) is 0 Å². The van der Waals surface area contributed by atoms with Gasteiger partial charge in [-0.1, -0.05) is 17.7 Å². The van der Waals surface area contributed by atoms with Crippen molar-refractivity contribution in [3.8, 4) is 5.75 Å². The van der Waals surface area contributed by atoms with E-state index in [-0.39, 0.29) is 0 Å². The average Bonchev–Trinajstić information content (AvgIpc) is 2.23. The molecule has 3 heteroatoms. The zero-order valence-corrected chi connectivity index (χ0v) is 10.1. The standard InChI is InChI=1S/C12H18ClNO/c1-9-7-10(5-3-4-6-14)12(15-2)8-11(9)13/h7-8H,3-6,14H2,1-2H3. The van der Waals surface area contributed by atoms with Gasteiger partial charge in [-0.25, -0.2) is 0 Å². The number of hydrogen-bond donors (Lipinski definition) is 1. The summed E-state index contributed by atoms with van der Waals surface area (Å²) in [6, 6.07) is 3.98. The monoisotopic (exact) mass is 227 g/mol. The van der Waals surface area contributed by atoms with E-state index in [0.717, 1.165) is 42.1 Å². The van der Waals surface area contributed by atoms with E-state index in [1.807, 2.05) is 13.0 Å². The molecule has 0 spiro atoms. The third-order valence-electron chi connectivity index (χ3n) is 2.46. The number of benzene rings is 1. The topological polar surface area (TPSA) is 35.2 Å². The zero-order chi connectivity index (χ0) is 11.3. The van der Waals surface area contributed by atoms with Gasteiger partial charge in [0, 0.05) is 5.02 Å². The molecule has 0 aliphatic rings. The van der Waals surface area contributed by atoms with E-state index in [1.165, 1.54) is 5.56 Å². The Labute approximate surface area is 96.4 Å². The summed E-state index contributed by atoms with van der Waals surface area (Å²) in [6.07, 6.45) is 3.14. The lowest BCUT2D eigenvalue weighted by atomic mass is 10.0. The predicted molar refractivity (Wildman–Crippen MR) is 64.7 cm³/mol. The Kier molecular flexibility index (Phi) is 4.92. The van der Waals surface area contributed by atoms with Gasteiger partial charge in [0.15, 0.2) is 0 Å². The van der Waals surface area contributed by atoms with Crippen molar-refractivity contribution < 1.29 is 4.74 Å². The molecule has 0 saturated carbocycles. The van der Waals surface area contributed by atoms with Crippen LogP contribution in [0.2, 0.25) is 5.02 Å².